The zero-order valence-corrected chi connectivity index (χ0v) is 18.5. The fourth-order valence-corrected chi connectivity index (χ4v) is 4.82. The van der Waals surface area contributed by atoms with Crippen molar-refractivity contribution in [1.29, 1.82) is 0 Å². The summed E-state index contributed by atoms with van der Waals surface area (Å²) in [7, 11) is 0. The molecule has 1 aliphatic carbocycles. The Labute approximate surface area is 180 Å². The highest BCUT2D eigenvalue weighted by atomic mass is 14.7. The number of fused-ring (bicyclic) bond motifs is 1. The van der Waals surface area contributed by atoms with Gasteiger partial charge in [-0.05, 0) is 34.3 Å². The van der Waals surface area contributed by atoms with Crippen LogP contribution in [0.5, 0.6) is 0 Å². The van der Waals surface area contributed by atoms with Crippen LogP contribution < -0.4 is 0 Å². The number of nitrogens with zero attached hydrogens (tertiary/aromatic N) is 1. The average Bonchev–Trinajstić information content (AvgIpc) is 3.52. The molecule has 1 heterocycles. The van der Waals surface area contributed by atoms with Crippen molar-refractivity contribution in [1.82, 2.24) is 4.98 Å². The van der Waals surface area contributed by atoms with Crippen LogP contribution in [0.4, 0.5) is 0 Å². The number of pyridine rings is 1. The largest absolute Gasteiger partial charge is 0.255 e. The molecule has 0 aliphatic heterocycles. The number of hydrogen-bond donors (Lipinski definition) is 0. The van der Waals surface area contributed by atoms with Gasteiger partial charge in [-0.25, -0.2) is 0 Å². The van der Waals surface area contributed by atoms with Crippen molar-refractivity contribution in [3.8, 4) is 22.4 Å². The Morgan fingerprint density at radius 3 is 2.13 bits per heavy atom. The Hall–Kier alpha value is -2.93. The normalized spacial score (nSPS) is 19.8. The van der Waals surface area contributed by atoms with E-state index in [1.807, 2.05) is 13.8 Å². The molecule has 0 bridgehead atoms. The Balaban J connectivity index is 0.00000106. The minimum Gasteiger partial charge on any atom is -0.255 e. The van der Waals surface area contributed by atoms with Crippen LogP contribution in [-0.2, 0) is 5.41 Å². The van der Waals surface area contributed by atoms with Crippen molar-refractivity contribution in [2.75, 3.05) is 0 Å². The van der Waals surface area contributed by atoms with Gasteiger partial charge >= 0.3 is 0 Å². The van der Waals surface area contributed by atoms with Gasteiger partial charge in [0.15, 0.2) is 0 Å². The van der Waals surface area contributed by atoms with Gasteiger partial charge in [0.1, 0.15) is 0 Å². The van der Waals surface area contributed by atoms with Crippen LogP contribution in [0.1, 0.15) is 46.1 Å². The van der Waals surface area contributed by atoms with Gasteiger partial charge in [0.05, 0.1) is 5.69 Å². The third-order valence-electron chi connectivity index (χ3n) is 6.58. The summed E-state index contributed by atoms with van der Waals surface area (Å²) < 4.78 is 0. The molecule has 1 aliphatic rings. The molecule has 1 nitrogen and oxygen atoms in total. The van der Waals surface area contributed by atoms with Gasteiger partial charge in [-0.3, -0.25) is 4.98 Å². The summed E-state index contributed by atoms with van der Waals surface area (Å²) in [5.41, 5.74) is 6.54. The van der Waals surface area contributed by atoms with Crippen LogP contribution in [0.25, 0.3) is 33.2 Å². The Morgan fingerprint density at radius 2 is 1.43 bits per heavy atom. The zero-order chi connectivity index (χ0) is 21.1. The summed E-state index contributed by atoms with van der Waals surface area (Å²) >= 11 is 0. The maximum Gasteiger partial charge on any atom is 0.0783 e. The van der Waals surface area contributed by atoms with Crippen molar-refractivity contribution in [2.45, 2.75) is 46.0 Å². The lowest BCUT2D eigenvalue weighted by Gasteiger charge is -2.18. The van der Waals surface area contributed by atoms with Crippen LogP contribution in [0.15, 0.2) is 85.1 Å². The smallest absolute Gasteiger partial charge is 0.0783 e. The third kappa shape index (κ3) is 3.43. The van der Waals surface area contributed by atoms with Crippen molar-refractivity contribution in [2.24, 2.45) is 5.92 Å². The molecule has 1 heteroatoms. The standard InChI is InChI=1S/C27H25N.C2H6/c1-3-20-17-27(20,2)25-16-10-9-15-23(25)26-22-14-8-7-13-21(22)24(18-28-26)19-11-5-4-6-12-19;1-2/h4-16,18,20H,3,17H2,1-2H3;1-2H3. The van der Waals surface area contributed by atoms with E-state index in [9.17, 15) is 0 Å². The molecule has 4 aromatic rings. The van der Waals surface area contributed by atoms with E-state index in [4.69, 9.17) is 4.98 Å². The summed E-state index contributed by atoms with van der Waals surface area (Å²) in [4.78, 5) is 5.01. The predicted molar refractivity (Wildman–Crippen MR) is 130 cm³/mol. The monoisotopic (exact) mass is 393 g/mol. The Bertz CT molecular complexity index is 1150. The topological polar surface area (TPSA) is 12.9 Å². The van der Waals surface area contributed by atoms with Gasteiger partial charge < -0.3 is 0 Å². The van der Waals surface area contributed by atoms with Crippen LogP contribution in [0, 0.1) is 5.92 Å². The maximum atomic E-state index is 5.01. The summed E-state index contributed by atoms with van der Waals surface area (Å²) in [6.45, 7) is 8.72. The second-order valence-corrected chi connectivity index (χ2v) is 8.20. The number of rotatable bonds is 4. The van der Waals surface area contributed by atoms with E-state index in [1.165, 1.54) is 45.9 Å². The molecule has 2 atom stereocenters. The van der Waals surface area contributed by atoms with Crippen molar-refractivity contribution in [3.63, 3.8) is 0 Å². The predicted octanol–water partition coefficient (Wildman–Crippen LogP) is 8.28. The average molecular weight is 394 g/mol. The number of benzene rings is 3. The van der Waals surface area contributed by atoms with Crippen molar-refractivity contribution in [3.05, 3.63) is 90.6 Å². The maximum absolute atomic E-state index is 5.01. The van der Waals surface area contributed by atoms with Crippen LogP contribution in [0.3, 0.4) is 0 Å². The van der Waals surface area contributed by atoms with E-state index in [0.717, 1.165) is 11.6 Å². The van der Waals surface area contributed by atoms with Crippen LogP contribution in [0.2, 0.25) is 0 Å². The highest BCUT2D eigenvalue weighted by molar-refractivity contribution is 6.03. The number of hydrogen-bond acceptors (Lipinski definition) is 1. The summed E-state index contributed by atoms with van der Waals surface area (Å²) in [6, 6.07) is 28.1. The highest BCUT2D eigenvalue weighted by Gasteiger charge is 2.50. The lowest BCUT2D eigenvalue weighted by Crippen LogP contribution is -2.07. The van der Waals surface area contributed by atoms with E-state index < -0.39 is 0 Å². The van der Waals surface area contributed by atoms with Gasteiger partial charge in [0.2, 0.25) is 0 Å². The molecule has 1 fully saturated rings. The lowest BCUT2D eigenvalue weighted by molar-refractivity contribution is 0.643. The van der Waals surface area contributed by atoms with Gasteiger partial charge in [0, 0.05) is 22.7 Å². The lowest BCUT2D eigenvalue weighted by atomic mass is 9.87. The fraction of sp³-hybridized carbons (Fsp3) is 0.276. The first-order chi connectivity index (χ1) is 14.7. The first-order valence-electron chi connectivity index (χ1n) is 11.3. The van der Waals surface area contributed by atoms with Gasteiger partial charge in [-0.15, -0.1) is 0 Å². The van der Waals surface area contributed by atoms with Crippen LogP contribution >= 0.6 is 0 Å². The van der Waals surface area contributed by atoms with Crippen molar-refractivity contribution < 1.29 is 0 Å². The van der Waals surface area contributed by atoms with E-state index in [-0.39, 0.29) is 5.41 Å². The molecule has 0 saturated heterocycles. The molecule has 30 heavy (non-hydrogen) atoms. The van der Waals surface area contributed by atoms with Crippen LogP contribution in [-0.4, -0.2) is 4.98 Å². The molecule has 1 saturated carbocycles. The quantitative estimate of drug-likeness (QED) is 0.340. The van der Waals surface area contributed by atoms with Gasteiger partial charge in [-0.2, -0.15) is 0 Å². The third-order valence-corrected chi connectivity index (χ3v) is 6.58. The fourth-order valence-electron chi connectivity index (χ4n) is 4.82. The number of aromatic nitrogens is 1. The molecular weight excluding hydrogens is 362 g/mol. The second kappa shape index (κ2) is 8.44. The molecule has 0 radical (unpaired) electrons. The van der Waals surface area contributed by atoms with E-state index in [1.54, 1.807) is 0 Å². The first kappa shape index (κ1) is 20.3. The molecule has 5 rings (SSSR count). The summed E-state index contributed by atoms with van der Waals surface area (Å²) in [5, 5.41) is 2.50. The summed E-state index contributed by atoms with van der Waals surface area (Å²) in [6.07, 6.45) is 4.57. The molecule has 152 valence electrons. The molecule has 0 spiro atoms. The SMILES string of the molecule is CC.CCC1CC1(C)c1ccccc1-c1ncc(-c2ccccc2)c2ccccc12. The first-order valence-corrected chi connectivity index (χ1v) is 11.3. The van der Waals surface area contributed by atoms with Crippen molar-refractivity contribution >= 4 is 10.8 Å². The zero-order valence-electron chi connectivity index (χ0n) is 18.5. The van der Waals surface area contributed by atoms with E-state index in [0.29, 0.717) is 0 Å². The molecule has 1 aromatic heterocycles. The molecule has 0 N–H and O–H groups in total. The van der Waals surface area contributed by atoms with E-state index in [2.05, 4.69) is 98.9 Å². The molecule has 0 amide bonds. The minimum atomic E-state index is 0.284. The Kier molecular flexibility index (Phi) is 5.72. The second-order valence-electron chi connectivity index (χ2n) is 8.20. The molecular formula is C29H31N. The minimum absolute atomic E-state index is 0.284. The summed E-state index contributed by atoms with van der Waals surface area (Å²) in [5.74, 6) is 0.781. The molecule has 3 aromatic carbocycles. The van der Waals surface area contributed by atoms with E-state index >= 15 is 0 Å². The van der Waals surface area contributed by atoms with Gasteiger partial charge in [-0.1, -0.05) is 113 Å². The van der Waals surface area contributed by atoms with Gasteiger partial charge in [0.25, 0.3) is 0 Å². The Morgan fingerprint density at radius 1 is 0.800 bits per heavy atom. The molecule has 2 unspecified atom stereocenters. The highest BCUT2D eigenvalue weighted by Crippen LogP contribution is 2.57.